The molecule has 2 aromatic heterocycles. The van der Waals surface area contributed by atoms with Crippen LogP contribution in [0.1, 0.15) is 79.1 Å². The number of β-amino-alcohol motifs (C(OH)–C–C–N with tert-alkyl or cyclic N) is 1. The summed E-state index contributed by atoms with van der Waals surface area (Å²) >= 11 is 6.47. The molecule has 2 amide bonds. The molecular formula is C36H45ClN6O4. The second-order valence-electron chi connectivity index (χ2n) is 13.9. The summed E-state index contributed by atoms with van der Waals surface area (Å²) in [5.74, 6) is -0.151. The Bertz CT molecular complexity index is 1610. The number of halogens is 1. The third-order valence-corrected chi connectivity index (χ3v) is 10.7. The van der Waals surface area contributed by atoms with Crippen molar-refractivity contribution in [2.24, 2.45) is 0 Å². The van der Waals surface area contributed by atoms with E-state index in [0.717, 1.165) is 61.9 Å². The van der Waals surface area contributed by atoms with Crippen LogP contribution >= 0.6 is 11.6 Å². The van der Waals surface area contributed by atoms with E-state index in [0.29, 0.717) is 50.6 Å². The molecule has 4 aliphatic rings. The maximum absolute atomic E-state index is 14.6. The van der Waals surface area contributed by atoms with Gasteiger partial charge >= 0.3 is 6.09 Å². The second-order valence-corrected chi connectivity index (χ2v) is 14.4. The van der Waals surface area contributed by atoms with Crippen LogP contribution in [0, 0.1) is 6.92 Å². The number of fused-ring (bicyclic) bond motifs is 2. The fraction of sp³-hybridized carbons (Fsp3) is 0.556. The molecule has 0 bridgehead atoms. The highest BCUT2D eigenvalue weighted by Crippen LogP contribution is 2.38. The number of carbonyl (C=O) groups is 2. The van der Waals surface area contributed by atoms with E-state index in [1.165, 1.54) is 11.1 Å². The second kappa shape index (κ2) is 13.6. The summed E-state index contributed by atoms with van der Waals surface area (Å²) in [5.41, 5.74) is 4.27. The first-order valence-corrected chi connectivity index (χ1v) is 17.6. The van der Waals surface area contributed by atoms with Crippen molar-refractivity contribution in [3.63, 3.8) is 0 Å². The van der Waals surface area contributed by atoms with E-state index in [4.69, 9.17) is 21.3 Å². The molecule has 0 radical (unpaired) electrons. The van der Waals surface area contributed by atoms with Gasteiger partial charge in [0.2, 0.25) is 5.91 Å². The smallest absolute Gasteiger partial charge is 0.410 e. The number of piperazine rings is 1. The molecule has 2 aliphatic heterocycles. The van der Waals surface area contributed by atoms with Gasteiger partial charge in [0.1, 0.15) is 17.7 Å². The van der Waals surface area contributed by atoms with Crippen LogP contribution in [-0.4, -0.2) is 96.8 Å². The maximum atomic E-state index is 14.6. The number of aryl methyl sites for hydroxylation is 3. The summed E-state index contributed by atoms with van der Waals surface area (Å²) in [6.07, 6.45) is 12.9. The molecule has 1 N–H and O–H groups in total. The molecule has 0 spiro atoms. The van der Waals surface area contributed by atoms with Gasteiger partial charge in [0.15, 0.2) is 0 Å². The Hall–Kier alpha value is -3.47. The van der Waals surface area contributed by atoms with Gasteiger partial charge in [-0.05, 0) is 93.2 Å². The minimum absolute atomic E-state index is 0.113. The Morgan fingerprint density at radius 3 is 2.68 bits per heavy atom. The zero-order valence-electron chi connectivity index (χ0n) is 27.2. The van der Waals surface area contributed by atoms with Gasteiger partial charge in [-0.3, -0.25) is 19.6 Å². The van der Waals surface area contributed by atoms with Gasteiger partial charge in [0.05, 0.1) is 36.8 Å². The zero-order chi connectivity index (χ0) is 32.5. The summed E-state index contributed by atoms with van der Waals surface area (Å²) in [6, 6.07) is 9.24. The van der Waals surface area contributed by atoms with Crippen molar-refractivity contribution in [3.05, 3.63) is 82.2 Å². The number of piperidine rings is 1. The number of rotatable bonds is 5. The van der Waals surface area contributed by atoms with E-state index < -0.39 is 17.7 Å². The van der Waals surface area contributed by atoms with Gasteiger partial charge in [-0.1, -0.05) is 30.2 Å². The molecule has 7 rings (SSSR count). The summed E-state index contributed by atoms with van der Waals surface area (Å²) in [4.78, 5) is 43.4. The largest absolute Gasteiger partial charge is 0.446 e. The van der Waals surface area contributed by atoms with Crippen LogP contribution in [0.5, 0.6) is 0 Å². The number of benzene rings is 1. The lowest BCUT2D eigenvalue weighted by Crippen LogP contribution is -2.64. The maximum Gasteiger partial charge on any atom is 0.410 e. The van der Waals surface area contributed by atoms with E-state index in [-0.39, 0.29) is 24.6 Å². The molecule has 1 saturated carbocycles. The lowest BCUT2D eigenvalue weighted by molar-refractivity contribution is -0.147. The van der Waals surface area contributed by atoms with Crippen LogP contribution in [0.2, 0.25) is 5.02 Å². The number of hydrogen-bond donors (Lipinski definition) is 1. The van der Waals surface area contributed by atoms with Gasteiger partial charge in [-0.15, -0.1) is 0 Å². The fourth-order valence-electron chi connectivity index (χ4n) is 8.15. The summed E-state index contributed by atoms with van der Waals surface area (Å²) in [7, 11) is 0. The number of aromatic nitrogens is 3. The number of pyridine rings is 1. The number of imidazole rings is 1. The van der Waals surface area contributed by atoms with E-state index in [9.17, 15) is 14.7 Å². The molecule has 10 nitrogen and oxygen atoms in total. The number of carbonyl (C=O) groups excluding carboxylic acids is 2. The highest BCUT2D eigenvalue weighted by molar-refractivity contribution is 6.30. The third-order valence-electron chi connectivity index (χ3n) is 10.5. The van der Waals surface area contributed by atoms with E-state index in [1.54, 1.807) is 16.1 Å². The predicted molar refractivity (Wildman–Crippen MR) is 178 cm³/mol. The standard InChI is InChI=1S/C36H45ClN6O4/c1-25-20-40(24-39-25)22-36(46)14-6-16-42(23-36)34(44)31-21-41(17-18-43(31)35(45)47-29-8-3-2-4-9-29)33-30-13-12-28(37)19-27(30)11-10-26-7-5-15-38-32(26)33/h5,7,12-13,15,19-20,24,29,31,33,46H,2-4,6,8-11,14,16-18,21-23H2,1H3/t31-,33+,36?/m1/s1. The number of aliphatic hydroxyl groups is 1. The molecule has 3 aromatic rings. The van der Waals surface area contributed by atoms with Crippen LogP contribution in [0.4, 0.5) is 4.79 Å². The molecule has 1 aromatic carbocycles. The van der Waals surface area contributed by atoms with Gasteiger partial charge in [0.25, 0.3) is 0 Å². The molecule has 11 heteroatoms. The Morgan fingerprint density at radius 2 is 1.87 bits per heavy atom. The minimum Gasteiger partial charge on any atom is -0.446 e. The van der Waals surface area contributed by atoms with Crippen LogP contribution in [0.25, 0.3) is 0 Å². The SMILES string of the molecule is Cc1cn(CC2(O)CCCN(C(=O)[C@H]3CN([C@H]4c5ccc(Cl)cc5CCc5cccnc54)CCN3C(=O)OC3CCCCC3)C2)cn1. The topological polar surface area (TPSA) is 104 Å². The number of likely N-dealkylation sites (tertiary alicyclic amines) is 1. The van der Waals surface area contributed by atoms with Crippen LogP contribution in [-0.2, 0) is 28.9 Å². The molecule has 4 heterocycles. The average Bonchev–Trinajstić information content (AvgIpc) is 3.40. The Labute approximate surface area is 281 Å². The summed E-state index contributed by atoms with van der Waals surface area (Å²) in [5, 5.41) is 12.4. The van der Waals surface area contributed by atoms with Gasteiger partial charge < -0.3 is 19.3 Å². The lowest BCUT2D eigenvalue weighted by atomic mass is 9.91. The Balaban J connectivity index is 1.19. The average molecular weight is 661 g/mol. The van der Waals surface area contributed by atoms with Crippen LogP contribution in [0.3, 0.4) is 0 Å². The van der Waals surface area contributed by atoms with Crippen LogP contribution in [0.15, 0.2) is 49.1 Å². The number of nitrogens with zero attached hydrogens (tertiary/aromatic N) is 6. The fourth-order valence-corrected chi connectivity index (χ4v) is 8.35. The first-order chi connectivity index (χ1) is 22.8. The normalized spacial score (nSPS) is 25.5. The first-order valence-electron chi connectivity index (χ1n) is 17.2. The molecule has 3 fully saturated rings. The monoisotopic (exact) mass is 660 g/mol. The molecule has 2 aliphatic carbocycles. The summed E-state index contributed by atoms with van der Waals surface area (Å²) < 4.78 is 7.95. The Kier molecular flexibility index (Phi) is 9.26. The first kappa shape index (κ1) is 32.1. The van der Waals surface area contributed by atoms with Gasteiger partial charge in [0, 0.05) is 43.6 Å². The van der Waals surface area contributed by atoms with Crippen molar-refractivity contribution in [1.29, 1.82) is 0 Å². The number of ether oxygens (including phenoxy) is 1. The third kappa shape index (κ3) is 6.91. The Morgan fingerprint density at radius 1 is 1.04 bits per heavy atom. The van der Waals surface area contributed by atoms with Crippen molar-refractivity contribution >= 4 is 23.6 Å². The van der Waals surface area contributed by atoms with E-state index in [1.807, 2.05) is 42.1 Å². The van der Waals surface area contributed by atoms with E-state index in [2.05, 4.69) is 22.0 Å². The highest BCUT2D eigenvalue weighted by atomic mass is 35.5. The van der Waals surface area contributed by atoms with Crippen molar-refractivity contribution in [2.75, 3.05) is 32.7 Å². The van der Waals surface area contributed by atoms with Gasteiger partial charge in [-0.2, -0.15) is 0 Å². The predicted octanol–water partition coefficient (Wildman–Crippen LogP) is 4.94. The molecule has 47 heavy (non-hydrogen) atoms. The highest BCUT2D eigenvalue weighted by Gasteiger charge is 2.45. The summed E-state index contributed by atoms with van der Waals surface area (Å²) in [6.45, 7) is 4.25. The van der Waals surface area contributed by atoms with Crippen molar-refractivity contribution in [1.82, 2.24) is 29.2 Å². The van der Waals surface area contributed by atoms with Crippen molar-refractivity contribution in [2.45, 2.75) is 95.0 Å². The van der Waals surface area contributed by atoms with Gasteiger partial charge in [-0.25, -0.2) is 9.78 Å². The van der Waals surface area contributed by atoms with Crippen molar-refractivity contribution < 1.29 is 19.4 Å². The molecule has 250 valence electrons. The molecular weight excluding hydrogens is 616 g/mol. The van der Waals surface area contributed by atoms with Crippen LogP contribution < -0.4 is 0 Å². The van der Waals surface area contributed by atoms with E-state index >= 15 is 0 Å². The quantitative estimate of drug-likeness (QED) is 0.414. The number of amides is 2. The lowest BCUT2D eigenvalue weighted by Gasteiger charge is -2.46. The van der Waals surface area contributed by atoms with Crippen molar-refractivity contribution in [3.8, 4) is 0 Å². The molecule has 2 saturated heterocycles. The minimum atomic E-state index is -1.09. The molecule has 3 atom stereocenters. The zero-order valence-corrected chi connectivity index (χ0v) is 27.9. The molecule has 1 unspecified atom stereocenters. The number of hydrogen-bond acceptors (Lipinski definition) is 7.